The molecule has 0 aliphatic rings. The second-order valence-electron chi connectivity index (χ2n) is 3.87. The Morgan fingerprint density at radius 3 is 2.72 bits per heavy atom. The lowest BCUT2D eigenvalue weighted by atomic mass is 10.2. The van der Waals surface area contributed by atoms with Gasteiger partial charge in [0, 0.05) is 23.4 Å². The molecule has 2 rings (SSSR count). The van der Waals surface area contributed by atoms with E-state index in [1.165, 1.54) is 29.1 Å². The quantitative estimate of drug-likeness (QED) is 0.922. The van der Waals surface area contributed by atoms with E-state index in [-0.39, 0.29) is 11.7 Å². The first-order valence-corrected chi connectivity index (χ1v) is 6.47. The van der Waals surface area contributed by atoms with Crippen molar-refractivity contribution in [1.82, 2.24) is 10.3 Å². The van der Waals surface area contributed by atoms with Gasteiger partial charge in [-0.3, -0.25) is 4.79 Å². The molecule has 18 heavy (non-hydrogen) atoms. The van der Waals surface area contributed by atoms with E-state index < -0.39 is 0 Å². The number of halogens is 1. The van der Waals surface area contributed by atoms with Crippen LogP contribution in [0.5, 0.6) is 0 Å². The summed E-state index contributed by atoms with van der Waals surface area (Å²) in [7, 11) is 0. The smallest absolute Gasteiger partial charge is 0.251 e. The second kappa shape index (κ2) is 5.73. The molecule has 2 aromatic rings. The largest absolute Gasteiger partial charge is 0.352 e. The lowest BCUT2D eigenvalue weighted by Crippen LogP contribution is -2.25. The number of nitrogens with one attached hydrogen (secondary N) is 1. The molecule has 1 aromatic carbocycles. The Balaban J connectivity index is 1.85. The maximum Gasteiger partial charge on any atom is 0.251 e. The van der Waals surface area contributed by atoms with Gasteiger partial charge in [0.25, 0.3) is 5.91 Å². The standard InChI is InChI=1S/C13H13FN2OS/c1-9-12(18-8-16-9)6-7-15-13(17)10-2-4-11(14)5-3-10/h2-5,8H,6-7H2,1H3,(H,15,17). The van der Waals surface area contributed by atoms with Gasteiger partial charge in [0.05, 0.1) is 11.2 Å². The number of hydrogen-bond donors (Lipinski definition) is 1. The molecule has 0 aliphatic carbocycles. The van der Waals surface area contributed by atoms with Crippen molar-refractivity contribution in [2.24, 2.45) is 0 Å². The molecule has 0 spiro atoms. The Morgan fingerprint density at radius 2 is 2.11 bits per heavy atom. The van der Waals surface area contributed by atoms with Crippen LogP contribution in [0, 0.1) is 12.7 Å². The fraction of sp³-hybridized carbons (Fsp3) is 0.231. The van der Waals surface area contributed by atoms with Gasteiger partial charge in [0.15, 0.2) is 0 Å². The Hall–Kier alpha value is -1.75. The number of rotatable bonds is 4. The zero-order chi connectivity index (χ0) is 13.0. The minimum Gasteiger partial charge on any atom is -0.352 e. The molecule has 1 amide bonds. The molecule has 0 unspecified atom stereocenters. The van der Waals surface area contributed by atoms with Crippen LogP contribution in [0.1, 0.15) is 20.9 Å². The number of carbonyl (C=O) groups is 1. The van der Waals surface area contributed by atoms with Crippen LogP contribution >= 0.6 is 11.3 Å². The molecular weight excluding hydrogens is 251 g/mol. The summed E-state index contributed by atoms with van der Waals surface area (Å²) in [6.07, 6.45) is 0.767. The van der Waals surface area contributed by atoms with Crippen molar-refractivity contribution in [3.8, 4) is 0 Å². The van der Waals surface area contributed by atoms with E-state index in [0.717, 1.165) is 12.1 Å². The molecule has 94 valence electrons. The molecule has 0 aliphatic heterocycles. The minimum absolute atomic E-state index is 0.183. The number of nitrogens with zero attached hydrogens (tertiary/aromatic N) is 1. The van der Waals surface area contributed by atoms with Gasteiger partial charge in [-0.05, 0) is 31.2 Å². The van der Waals surface area contributed by atoms with E-state index in [4.69, 9.17) is 0 Å². The van der Waals surface area contributed by atoms with Gasteiger partial charge in [-0.25, -0.2) is 9.37 Å². The summed E-state index contributed by atoms with van der Waals surface area (Å²) < 4.78 is 12.7. The third-order valence-electron chi connectivity index (χ3n) is 2.59. The maximum absolute atomic E-state index is 12.7. The lowest BCUT2D eigenvalue weighted by Gasteiger charge is -2.04. The molecule has 0 bridgehead atoms. The average molecular weight is 264 g/mol. The molecule has 1 heterocycles. The first-order valence-electron chi connectivity index (χ1n) is 5.59. The average Bonchev–Trinajstić information content (AvgIpc) is 2.76. The molecule has 0 saturated carbocycles. The molecular formula is C13H13FN2OS. The summed E-state index contributed by atoms with van der Waals surface area (Å²) in [6.45, 7) is 2.51. The Bertz CT molecular complexity index is 536. The summed E-state index contributed by atoms with van der Waals surface area (Å²) in [5.41, 5.74) is 3.28. The van der Waals surface area contributed by atoms with Crippen LogP contribution in [0.25, 0.3) is 0 Å². The van der Waals surface area contributed by atoms with Gasteiger partial charge in [-0.1, -0.05) is 0 Å². The first-order chi connectivity index (χ1) is 8.66. The van der Waals surface area contributed by atoms with Crippen LogP contribution in [0.15, 0.2) is 29.8 Å². The SMILES string of the molecule is Cc1ncsc1CCNC(=O)c1ccc(F)cc1. The highest BCUT2D eigenvalue weighted by Gasteiger charge is 2.06. The highest BCUT2D eigenvalue weighted by Crippen LogP contribution is 2.12. The summed E-state index contributed by atoms with van der Waals surface area (Å²) in [6, 6.07) is 5.51. The fourth-order valence-corrected chi connectivity index (χ4v) is 2.34. The summed E-state index contributed by atoms with van der Waals surface area (Å²) >= 11 is 1.59. The zero-order valence-electron chi connectivity index (χ0n) is 9.94. The number of aromatic nitrogens is 1. The molecule has 1 N–H and O–H groups in total. The second-order valence-corrected chi connectivity index (χ2v) is 4.81. The number of carbonyl (C=O) groups excluding carboxylic acids is 1. The van der Waals surface area contributed by atoms with Gasteiger partial charge >= 0.3 is 0 Å². The van der Waals surface area contributed by atoms with Crippen molar-refractivity contribution in [3.63, 3.8) is 0 Å². The van der Waals surface area contributed by atoms with E-state index >= 15 is 0 Å². The molecule has 0 atom stereocenters. The van der Waals surface area contributed by atoms with Crippen LogP contribution in [0.4, 0.5) is 4.39 Å². The minimum atomic E-state index is -0.341. The van der Waals surface area contributed by atoms with Gasteiger partial charge in [-0.2, -0.15) is 0 Å². The van der Waals surface area contributed by atoms with Crippen molar-refractivity contribution in [2.75, 3.05) is 6.54 Å². The number of aryl methyl sites for hydroxylation is 1. The molecule has 5 heteroatoms. The number of benzene rings is 1. The molecule has 0 fully saturated rings. The van der Waals surface area contributed by atoms with Gasteiger partial charge in [-0.15, -0.1) is 11.3 Å². The van der Waals surface area contributed by atoms with E-state index in [9.17, 15) is 9.18 Å². The van der Waals surface area contributed by atoms with Crippen molar-refractivity contribution in [1.29, 1.82) is 0 Å². The normalized spacial score (nSPS) is 10.3. The molecule has 0 saturated heterocycles. The van der Waals surface area contributed by atoms with Crippen molar-refractivity contribution >= 4 is 17.2 Å². The maximum atomic E-state index is 12.7. The number of hydrogen-bond acceptors (Lipinski definition) is 3. The van der Waals surface area contributed by atoms with Crippen LogP contribution in [0.2, 0.25) is 0 Å². The summed E-state index contributed by atoms with van der Waals surface area (Å²) in [5.74, 6) is -0.524. The van der Waals surface area contributed by atoms with Gasteiger partial charge in [0.1, 0.15) is 5.82 Å². The fourth-order valence-electron chi connectivity index (χ4n) is 1.56. The molecule has 3 nitrogen and oxygen atoms in total. The summed E-state index contributed by atoms with van der Waals surface area (Å²) in [4.78, 5) is 17.0. The number of amides is 1. The Kier molecular flexibility index (Phi) is 4.04. The monoisotopic (exact) mass is 264 g/mol. The Morgan fingerprint density at radius 1 is 1.39 bits per heavy atom. The molecule has 1 aromatic heterocycles. The lowest BCUT2D eigenvalue weighted by molar-refractivity contribution is 0.0954. The van der Waals surface area contributed by atoms with Crippen LogP contribution < -0.4 is 5.32 Å². The zero-order valence-corrected chi connectivity index (χ0v) is 10.8. The van der Waals surface area contributed by atoms with Crippen LogP contribution in [-0.2, 0) is 6.42 Å². The molecule has 0 radical (unpaired) electrons. The van der Waals surface area contributed by atoms with E-state index in [2.05, 4.69) is 10.3 Å². The number of thiazole rings is 1. The third kappa shape index (κ3) is 3.13. The van der Waals surface area contributed by atoms with Gasteiger partial charge < -0.3 is 5.32 Å². The van der Waals surface area contributed by atoms with Crippen LogP contribution in [-0.4, -0.2) is 17.4 Å². The topological polar surface area (TPSA) is 42.0 Å². The summed E-state index contributed by atoms with van der Waals surface area (Å²) in [5, 5.41) is 2.80. The first kappa shape index (κ1) is 12.7. The predicted molar refractivity (Wildman–Crippen MR) is 69.3 cm³/mol. The van der Waals surface area contributed by atoms with Gasteiger partial charge in [0.2, 0.25) is 0 Å². The van der Waals surface area contributed by atoms with E-state index in [1.807, 2.05) is 6.92 Å². The van der Waals surface area contributed by atoms with Crippen molar-refractivity contribution in [3.05, 3.63) is 51.7 Å². The van der Waals surface area contributed by atoms with E-state index in [0.29, 0.717) is 12.1 Å². The third-order valence-corrected chi connectivity index (χ3v) is 3.58. The van der Waals surface area contributed by atoms with Crippen molar-refractivity contribution < 1.29 is 9.18 Å². The predicted octanol–water partition coefficient (Wildman–Crippen LogP) is 2.56. The van der Waals surface area contributed by atoms with Crippen LogP contribution in [0.3, 0.4) is 0 Å². The Labute approximate surface area is 109 Å². The van der Waals surface area contributed by atoms with Crippen molar-refractivity contribution in [2.45, 2.75) is 13.3 Å². The highest BCUT2D eigenvalue weighted by molar-refractivity contribution is 7.09. The highest BCUT2D eigenvalue weighted by atomic mass is 32.1. The van der Waals surface area contributed by atoms with E-state index in [1.54, 1.807) is 16.8 Å².